The zero-order chi connectivity index (χ0) is 9.72. The number of carbonyl (C=O) groups is 2. The molecule has 0 radical (unpaired) electrons. The molecule has 0 atom stereocenters. The van der Waals surface area contributed by atoms with Crippen molar-refractivity contribution in [2.45, 2.75) is 20.3 Å². The van der Waals surface area contributed by atoms with Crippen molar-refractivity contribution in [2.75, 3.05) is 13.6 Å². The molecule has 0 fully saturated rings. The van der Waals surface area contributed by atoms with Crippen molar-refractivity contribution in [2.24, 2.45) is 0 Å². The molecule has 0 aromatic rings. The van der Waals surface area contributed by atoms with Crippen molar-refractivity contribution < 1.29 is 14.7 Å². The summed E-state index contributed by atoms with van der Waals surface area (Å²) < 4.78 is 0. The molecule has 0 heterocycles. The molecule has 70 valence electrons. The highest BCUT2D eigenvalue weighted by atomic mass is 16.4. The third-order valence-corrected chi connectivity index (χ3v) is 1.55. The Kier molecular flexibility index (Phi) is 4.10. The quantitative estimate of drug-likeness (QED) is 0.629. The molecular formula is C7H14N2O3. The number of hydrogen-bond donors (Lipinski definition) is 1. The molecule has 0 aliphatic heterocycles. The van der Waals surface area contributed by atoms with E-state index in [9.17, 15) is 9.59 Å². The molecule has 5 heteroatoms. The number of carbonyl (C=O) groups excluding carboxylic acids is 1. The van der Waals surface area contributed by atoms with Gasteiger partial charge in [0.05, 0.1) is 0 Å². The summed E-state index contributed by atoms with van der Waals surface area (Å²) in [7, 11) is 1.45. The van der Waals surface area contributed by atoms with E-state index in [1.165, 1.54) is 7.05 Å². The van der Waals surface area contributed by atoms with Crippen LogP contribution in [-0.4, -0.2) is 40.7 Å². The fraction of sp³-hybridized carbons (Fsp3) is 0.714. The lowest BCUT2D eigenvalue weighted by Gasteiger charge is -2.27. The molecule has 0 spiro atoms. The normalized spacial score (nSPS) is 9.25. The predicted octanol–water partition coefficient (Wildman–Crippen LogP) is 0.770. The van der Waals surface area contributed by atoms with Gasteiger partial charge < -0.3 is 5.11 Å². The Morgan fingerprint density at radius 2 is 1.83 bits per heavy atom. The monoisotopic (exact) mass is 174 g/mol. The molecule has 0 rings (SSSR count). The first-order chi connectivity index (χ1) is 5.54. The van der Waals surface area contributed by atoms with Gasteiger partial charge in [-0.1, -0.05) is 6.92 Å². The van der Waals surface area contributed by atoms with Crippen molar-refractivity contribution in [1.82, 2.24) is 10.0 Å². The van der Waals surface area contributed by atoms with Crippen LogP contribution in [0.2, 0.25) is 0 Å². The van der Waals surface area contributed by atoms with Crippen molar-refractivity contribution in [3.8, 4) is 0 Å². The van der Waals surface area contributed by atoms with Crippen molar-refractivity contribution >= 4 is 12.0 Å². The summed E-state index contributed by atoms with van der Waals surface area (Å²) in [5, 5.41) is 10.7. The van der Waals surface area contributed by atoms with E-state index >= 15 is 0 Å². The van der Waals surface area contributed by atoms with Gasteiger partial charge >= 0.3 is 6.09 Å². The highest BCUT2D eigenvalue weighted by Crippen LogP contribution is 1.97. The minimum atomic E-state index is -1.11. The third-order valence-electron chi connectivity index (χ3n) is 1.55. The average Bonchev–Trinajstić information content (AvgIpc) is 2.03. The van der Waals surface area contributed by atoms with E-state index in [1.807, 2.05) is 0 Å². The molecule has 0 saturated carbocycles. The Morgan fingerprint density at radius 3 is 2.08 bits per heavy atom. The predicted molar refractivity (Wildman–Crippen MR) is 43.5 cm³/mol. The SMILES string of the molecule is CCC(=O)N(C)N(CC)C(=O)O. The van der Waals surface area contributed by atoms with E-state index in [2.05, 4.69) is 0 Å². The van der Waals surface area contributed by atoms with Crippen molar-refractivity contribution in [3.05, 3.63) is 0 Å². The van der Waals surface area contributed by atoms with E-state index in [1.54, 1.807) is 13.8 Å². The third kappa shape index (κ3) is 2.41. The Bertz CT molecular complexity index is 181. The molecule has 0 aliphatic carbocycles. The highest BCUT2D eigenvalue weighted by molar-refractivity contribution is 5.78. The molecule has 0 aromatic carbocycles. The lowest BCUT2D eigenvalue weighted by atomic mass is 10.4. The van der Waals surface area contributed by atoms with Gasteiger partial charge in [-0.15, -0.1) is 0 Å². The van der Waals surface area contributed by atoms with Crippen LogP contribution in [0.25, 0.3) is 0 Å². The van der Waals surface area contributed by atoms with Crippen LogP contribution in [0.1, 0.15) is 20.3 Å². The zero-order valence-electron chi connectivity index (χ0n) is 7.57. The molecule has 0 saturated heterocycles. The van der Waals surface area contributed by atoms with Gasteiger partial charge in [-0.2, -0.15) is 0 Å². The summed E-state index contributed by atoms with van der Waals surface area (Å²) in [6.07, 6.45) is -0.804. The van der Waals surface area contributed by atoms with Gasteiger partial charge in [-0.3, -0.25) is 9.80 Å². The molecule has 0 aromatic heterocycles. The minimum absolute atomic E-state index is 0.209. The van der Waals surface area contributed by atoms with Crippen LogP contribution >= 0.6 is 0 Å². The number of hydrogen-bond acceptors (Lipinski definition) is 2. The Labute approximate surface area is 71.5 Å². The fourth-order valence-electron chi connectivity index (χ4n) is 0.839. The lowest BCUT2D eigenvalue weighted by Crippen LogP contribution is -2.46. The Morgan fingerprint density at radius 1 is 1.33 bits per heavy atom. The maximum atomic E-state index is 11.0. The van der Waals surface area contributed by atoms with Crippen LogP contribution in [0, 0.1) is 0 Å². The first kappa shape index (κ1) is 10.7. The van der Waals surface area contributed by atoms with Crippen LogP contribution in [0.4, 0.5) is 4.79 Å². The first-order valence-corrected chi connectivity index (χ1v) is 3.81. The number of carboxylic acid groups (broad SMARTS) is 1. The van der Waals surface area contributed by atoms with Gasteiger partial charge in [0.1, 0.15) is 0 Å². The standard InChI is InChI=1S/C7H14N2O3/c1-4-6(10)8(3)9(5-2)7(11)12/h4-5H2,1-3H3,(H,11,12). The van der Waals surface area contributed by atoms with Crippen molar-refractivity contribution in [3.63, 3.8) is 0 Å². The molecule has 0 aliphatic rings. The van der Waals surface area contributed by atoms with Gasteiger partial charge in [0.25, 0.3) is 0 Å². The molecule has 0 bridgehead atoms. The summed E-state index contributed by atoms with van der Waals surface area (Å²) in [4.78, 5) is 21.6. The average molecular weight is 174 g/mol. The summed E-state index contributed by atoms with van der Waals surface area (Å²) in [6.45, 7) is 3.64. The first-order valence-electron chi connectivity index (χ1n) is 3.81. The Balaban J connectivity index is 4.30. The van der Waals surface area contributed by atoms with Crippen LogP contribution in [0.15, 0.2) is 0 Å². The van der Waals surface area contributed by atoms with Crippen molar-refractivity contribution in [1.29, 1.82) is 0 Å². The van der Waals surface area contributed by atoms with Gasteiger partial charge in [0, 0.05) is 20.0 Å². The summed E-state index contributed by atoms with van der Waals surface area (Å²) in [5.74, 6) is -0.209. The highest BCUT2D eigenvalue weighted by Gasteiger charge is 2.18. The van der Waals surface area contributed by atoms with E-state index < -0.39 is 6.09 Å². The summed E-state index contributed by atoms with van der Waals surface area (Å²) in [6, 6.07) is 0. The maximum absolute atomic E-state index is 11.0. The van der Waals surface area contributed by atoms with Gasteiger partial charge in [-0.25, -0.2) is 9.80 Å². The lowest BCUT2D eigenvalue weighted by molar-refractivity contribution is -0.142. The van der Waals surface area contributed by atoms with Crippen LogP contribution in [-0.2, 0) is 4.79 Å². The second-order valence-electron chi connectivity index (χ2n) is 2.27. The number of nitrogens with zero attached hydrogens (tertiary/aromatic N) is 2. The van der Waals surface area contributed by atoms with Crippen LogP contribution in [0.3, 0.4) is 0 Å². The molecule has 12 heavy (non-hydrogen) atoms. The summed E-state index contributed by atoms with van der Waals surface area (Å²) in [5.41, 5.74) is 0. The molecular weight excluding hydrogens is 160 g/mol. The van der Waals surface area contributed by atoms with Gasteiger partial charge in [-0.05, 0) is 6.92 Å². The van der Waals surface area contributed by atoms with Gasteiger partial charge in [0.2, 0.25) is 5.91 Å². The van der Waals surface area contributed by atoms with Crippen LogP contribution < -0.4 is 0 Å². The number of hydrazine groups is 1. The van der Waals surface area contributed by atoms with E-state index in [-0.39, 0.29) is 12.5 Å². The fourth-order valence-corrected chi connectivity index (χ4v) is 0.839. The largest absolute Gasteiger partial charge is 0.464 e. The zero-order valence-corrected chi connectivity index (χ0v) is 7.57. The molecule has 2 amide bonds. The van der Waals surface area contributed by atoms with E-state index in [0.29, 0.717) is 6.42 Å². The minimum Gasteiger partial charge on any atom is -0.464 e. The van der Waals surface area contributed by atoms with E-state index in [4.69, 9.17) is 5.11 Å². The Hall–Kier alpha value is -1.26. The molecule has 5 nitrogen and oxygen atoms in total. The number of amides is 2. The van der Waals surface area contributed by atoms with Gasteiger partial charge in [0.15, 0.2) is 0 Å². The smallest absolute Gasteiger partial charge is 0.426 e. The topological polar surface area (TPSA) is 60.9 Å². The second kappa shape index (κ2) is 4.58. The van der Waals surface area contributed by atoms with E-state index in [0.717, 1.165) is 10.0 Å². The summed E-state index contributed by atoms with van der Waals surface area (Å²) >= 11 is 0. The van der Waals surface area contributed by atoms with Crippen LogP contribution in [0.5, 0.6) is 0 Å². The molecule has 1 N–H and O–H groups in total. The maximum Gasteiger partial charge on any atom is 0.426 e. The second-order valence-corrected chi connectivity index (χ2v) is 2.27. The number of rotatable bonds is 2. The molecule has 0 unspecified atom stereocenters.